The van der Waals surface area contributed by atoms with E-state index in [0.717, 1.165) is 35.5 Å². The van der Waals surface area contributed by atoms with Crippen molar-refractivity contribution in [3.05, 3.63) is 46.8 Å². The van der Waals surface area contributed by atoms with Crippen LogP contribution in [0.15, 0.2) is 24.3 Å². The van der Waals surface area contributed by atoms with Crippen LogP contribution in [0.5, 0.6) is 0 Å². The van der Waals surface area contributed by atoms with Crippen molar-refractivity contribution in [2.75, 3.05) is 0 Å². The van der Waals surface area contributed by atoms with Crippen molar-refractivity contribution in [2.45, 2.75) is 33.2 Å². The van der Waals surface area contributed by atoms with Crippen LogP contribution in [0.4, 0.5) is 0 Å². The number of rotatable bonds is 4. The SMILES string of the molecule is CCc1nn(-c2ccc(C#N)cc2)c(CC)c1CN. The first-order valence-corrected chi connectivity index (χ1v) is 6.55. The fourth-order valence-electron chi connectivity index (χ4n) is 2.31. The Labute approximate surface area is 113 Å². The first-order chi connectivity index (χ1) is 9.24. The van der Waals surface area contributed by atoms with Crippen LogP contribution < -0.4 is 5.73 Å². The molecule has 0 saturated carbocycles. The molecule has 0 bridgehead atoms. The van der Waals surface area contributed by atoms with Gasteiger partial charge in [0.15, 0.2) is 0 Å². The van der Waals surface area contributed by atoms with Gasteiger partial charge in [0.1, 0.15) is 0 Å². The molecule has 19 heavy (non-hydrogen) atoms. The molecule has 0 aliphatic carbocycles. The normalized spacial score (nSPS) is 10.4. The summed E-state index contributed by atoms with van der Waals surface area (Å²) in [6.45, 7) is 4.71. The first-order valence-electron chi connectivity index (χ1n) is 6.55. The second-order valence-corrected chi connectivity index (χ2v) is 4.35. The summed E-state index contributed by atoms with van der Waals surface area (Å²) < 4.78 is 1.95. The number of nitrogens with two attached hydrogens (primary N) is 1. The van der Waals surface area contributed by atoms with Gasteiger partial charge < -0.3 is 5.73 Å². The zero-order valence-electron chi connectivity index (χ0n) is 11.3. The summed E-state index contributed by atoms with van der Waals surface area (Å²) in [5.41, 5.74) is 10.8. The third kappa shape index (κ3) is 2.38. The van der Waals surface area contributed by atoms with Crippen molar-refractivity contribution in [1.29, 1.82) is 5.26 Å². The van der Waals surface area contributed by atoms with Crippen molar-refractivity contribution in [3.63, 3.8) is 0 Å². The summed E-state index contributed by atoms with van der Waals surface area (Å²) in [5, 5.41) is 13.5. The number of nitrogens with zero attached hydrogens (tertiary/aromatic N) is 3. The molecule has 0 spiro atoms. The van der Waals surface area contributed by atoms with Crippen LogP contribution in [0.3, 0.4) is 0 Å². The van der Waals surface area contributed by atoms with Crippen LogP contribution in [0.2, 0.25) is 0 Å². The predicted octanol–water partition coefficient (Wildman–Crippen LogP) is 2.33. The Morgan fingerprint density at radius 2 is 1.89 bits per heavy atom. The quantitative estimate of drug-likeness (QED) is 0.910. The van der Waals surface area contributed by atoms with Crippen LogP contribution in [-0.2, 0) is 19.4 Å². The molecule has 0 saturated heterocycles. The van der Waals surface area contributed by atoms with Gasteiger partial charge in [-0.25, -0.2) is 4.68 Å². The molecule has 0 aliphatic rings. The molecule has 98 valence electrons. The van der Waals surface area contributed by atoms with E-state index in [1.165, 1.54) is 0 Å². The summed E-state index contributed by atoms with van der Waals surface area (Å²) in [5.74, 6) is 0. The van der Waals surface area contributed by atoms with Crippen LogP contribution in [0.1, 0.15) is 36.4 Å². The zero-order chi connectivity index (χ0) is 13.8. The van der Waals surface area contributed by atoms with Crippen molar-refractivity contribution in [3.8, 4) is 11.8 Å². The maximum atomic E-state index is 8.84. The van der Waals surface area contributed by atoms with E-state index in [1.54, 1.807) is 0 Å². The van der Waals surface area contributed by atoms with Gasteiger partial charge in [-0.1, -0.05) is 13.8 Å². The Bertz CT molecular complexity index is 602. The lowest BCUT2D eigenvalue weighted by atomic mass is 10.1. The highest BCUT2D eigenvalue weighted by atomic mass is 15.3. The maximum Gasteiger partial charge on any atom is 0.0991 e. The van der Waals surface area contributed by atoms with Crippen LogP contribution >= 0.6 is 0 Å². The van der Waals surface area contributed by atoms with E-state index in [1.807, 2.05) is 28.9 Å². The molecule has 0 unspecified atom stereocenters. The van der Waals surface area contributed by atoms with E-state index in [2.05, 4.69) is 25.0 Å². The number of hydrogen-bond acceptors (Lipinski definition) is 3. The van der Waals surface area contributed by atoms with Crippen molar-refractivity contribution in [2.24, 2.45) is 5.73 Å². The number of hydrogen-bond donors (Lipinski definition) is 1. The zero-order valence-corrected chi connectivity index (χ0v) is 11.3. The molecule has 2 rings (SSSR count). The fourth-order valence-corrected chi connectivity index (χ4v) is 2.31. The predicted molar refractivity (Wildman–Crippen MR) is 74.9 cm³/mol. The van der Waals surface area contributed by atoms with E-state index in [-0.39, 0.29) is 0 Å². The Balaban J connectivity index is 2.54. The van der Waals surface area contributed by atoms with Gasteiger partial charge in [-0.05, 0) is 37.1 Å². The van der Waals surface area contributed by atoms with E-state index >= 15 is 0 Å². The first kappa shape index (κ1) is 13.3. The Morgan fingerprint density at radius 3 is 2.37 bits per heavy atom. The van der Waals surface area contributed by atoms with Gasteiger partial charge in [0, 0.05) is 17.8 Å². The minimum absolute atomic E-state index is 0.516. The van der Waals surface area contributed by atoms with E-state index in [4.69, 9.17) is 11.0 Å². The monoisotopic (exact) mass is 254 g/mol. The highest BCUT2D eigenvalue weighted by molar-refractivity contribution is 5.42. The molecule has 1 aromatic heterocycles. The Kier molecular flexibility index (Phi) is 3.98. The lowest BCUT2D eigenvalue weighted by Gasteiger charge is -2.07. The highest BCUT2D eigenvalue weighted by Crippen LogP contribution is 2.20. The Hall–Kier alpha value is -2.12. The van der Waals surface area contributed by atoms with E-state index in [0.29, 0.717) is 12.1 Å². The molecule has 2 N–H and O–H groups in total. The largest absolute Gasteiger partial charge is 0.326 e. The molecule has 1 aromatic carbocycles. The van der Waals surface area contributed by atoms with Gasteiger partial charge in [-0.3, -0.25) is 0 Å². The summed E-state index contributed by atoms with van der Waals surface area (Å²) in [6.07, 6.45) is 1.77. The summed E-state index contributed by atoms with van der Waals surface area (Å²) in [6, 6.07) is 9.59. The fraction of sp³-hybridized carbons (Fsp3) is 0.333. The van der Waals surface area contributed by atoms with Crippen LogP contribution in [-0.4, -0.2) is 9.78 Å². The molecule has 0 atom stereocenters. The Morgan fingerprint density at radius 1 is 1.21 bits per heavy atom. The third-order valence-electron chi connectivity index (χ3n) is 3.29. The number of aryl methyl sites for hydroxylation is 1. The van der Waals surface area contributed by atoms with Crippen molar-refractivity contribution < 1.29 is 0 Å². The minimum Gasteiger partial charge on any atom is -0.326 e. The summed E-state index contributed by atoms with van der Waals surface area (Å²) >= 11 is 0. The van der Waals surface area contributed by atoms with Gasteiger partial charge in [0.25, 0.3) is 0 Å². The number of nitriles is 1. The molecule has 0 fully saturated rings. The van der Waals surface area contributed by atoms with Crippen LogP contribution in [0, 0.1) is 11.3 Å². The molecule has 0 radical (unpaired) electrons. The second kappa shape index (κ2) is 5.68. The molecule has 0 aliphatic heterocycles. The number of benzene rings is 1. The van der Waals surface area contributed by atoms with Gasteiger partial charge in [0.05, 0.1) is 23.0 Å². The maximum absolute atomic E-state index is 8.84. The standard InChI is InChI=1S/C15H18N4/c1-3-14-13(10-17)15(4-2)19(18-14)12-7-5-11(9-16)6-8-12/h5-8H,3-4,10,17H2,1-2H3. The highest BCUT2D eigenvalue weighted by Gasteiger charge is 2.15. The van der Waals surface area contributed by atoms with Gasteiger partial charge in [-0.15, -0.1) is 0 Å². The molecule has 1 heterocycles. The molecule has 0 amide bonds. The average molecular weight is 254 g/mol. The molecular formula is C15H18N4. The van der Waals surface area contributed by atoms with Gasteiger partial charge >= 0.3 is 0 Å². The minimum atomic E-state index is 0.516. The summed E-state index contributed by atoms with van der Waals surface area (Å²) in [4.78, 5) is 0. The molecule has 4 nitrogen and oxygen atoms in total. The summed E-state index contributed by atoms with van der Waals surface area (Å²) in [7, 11) is 0. The number of aromatic nitrogens is 2. The van der Waals surface area contributed by atoms with Crippen LogP contribution in [0.25, 0.3) is 5.69 Å². The second-order valence-electron chi connectivity index (χ2n) is 4.35. The average Bonchev–Trinajstić information content (AvgIpc) is 2.84. The van der Waals surface area contributed by atoms with Crippen molar-refractivity contribution in [1.82, 2.24) is 9.78 Å². The molecule has 2 aromatic rings. The third-order valence-corrected chi connectivity index (χ3v) is 3.29. The lowest BCUT2D eigenvalue weighted by molar-refractivity contribution is 0.792. The van der Waals surface area contributed by atoms with Gasteiger partial charge in [-0.2, -0.15) is 10.4 Å². The molecule has 4 heteroatoms. The van der Waals surface area contributed by atoms with Gasteiger partial charge in [0.2, 0.25) is 0 Å². The smallest absolute Gasteiger partial charge is 0.0991 e. The molecular weight excluding hydrogens is 236 g/mol. The van der Waals surface area contributed by atoms with E-state index < -0.39 is 0 Å². The lowest BCUT2D eigenvalue weighted by Crippen LogP contribution is -2.05. The van der Waals surface area contributed by atoms with E-state index in [9.17, 15) is 0 Å². The topological polar surface area (TPSA) is 67.6 Å². The van der Waals surface area contributed by atoms with Crippen molar-refractivity contribution >= 4 is 0 Å².